The van der Waals surface area contributed by atoms with E-state index in [2.05, 4.69) is 50.4 Å². The fourth-order valence-corrected chi connectivity index (χ4v) is 3.69. The number of likely N-dealkylation sites (N-methyl/N-ethyl adjacent to an activating group) is 1. The molecule has 1 amide bonds. The van der Waals surface area contributed by atoms with E-state index in [9.17, 15) is 4.79 Å². The van der Waals surface area contributed by atoms with Gasteiger partial charge in [-0.25, -0.2) is 0 Å². The van der Waals surface area contributed by atoms with Crippen molar-refractivity contribution in [3.8, 4) is 11.3 Å². The molecule has 4 rings (SSSR count). The number of carbonyl (C=O) groups excluding carboxylic acids is 1. The van der Waals surface area contributed by atoms with Crippen LogP contribution >= 0.6 is 0 Å². The first-order valence-electron chi connectivity index (χ1n) is 10.4. The van der Waals surface area contributed by atoms with Crippen molar-refractivity contribution in [2.24, 2.45) is 0 Å². The Kier molecular flexibility index (Phi) is 6.51. The Hall–Kier alpha value is -3.03. The van der Waals surface area contributed by atoms with Gasteiger partial charge in [-0.1, -0.05) is 36.3 Å². The molecule has 0 spiro atoms. The molecule has 1 aliphatic heterocycles. The molecular weight excluding hydrogens is 378 g/mol. The summed E-state index contributed by atoms with van der Waals surface area (Å²) in [6, 6.07) is 13.6. The maximum absolute atomic E-state index is 12.6. The van der Waals surface area contributed by atoms with Gasteiger partial charge in [0.15, 0.2) is 11.5 Å². The third-order valence-electron chi connectivity index (χ3n) is 5.57. The van der Waals surface area contributed by atoms with Crippen LogP contribution in [0.3, 0.4) is 0 Å². The summed E-state index contributed by atoms with van der Waals surface area (Å²) in [5, 5.41) is 6.89. The first kappa shape index (κ1) is 20.3. The van der Waals surface area contributed by atoms with E-state index in [4.69, 9.17) is 4.52 Å². The molecule has 1 aliphatic rings. The molecule has 0 radical (unpaired) electrons. The molecule has 1 N–H and O–H groups in total. The van der Waals surface area contributed by atoms with E-state index in [0.717, 1.165) is 50.4 Å². The molecule has 0 atom stereocenters. The zero-order valence-electron chi connectivity index (χ0n) is 17.3. The summed E-state index contributed by atoms with van der Waals surface area (Å²) in [7, 11) is 0. The Morgan fingerprint density at radius 1 is 1.03 bits per heavy atom. The van der Waals surface area contributed by atoms with E-state index >= 15 is 0 Å². The van der Waals surface area contributed by atoms with Crippen molar-refractivity contribution in [2.45, 2.75) is 20.0 Å². The highest BCUT2D eigenvalue weighted by atomic mass is 16.5. The molecule has 3 aromatic rings. The molecule has 0 saturated carbocycles. The molecule has 7 nitrogen and oxygen atoms in total. The number of nitrogens with zero attached hydrogens (tertiary/aromatic N) is 4. The van der Waals surface area contributed by atoms with Gasteiger partial charge in [0.1, 0.15) is 0 Å². The van der Waals surface area contributed by atoms with E-state index < -0.39 is 0 Å². The Morgan fingerprint density at radius 2 is 1.73 bits per heavy atom. The van der Waals surface area contributed by atoms with Crippen LogP contribution in [0.1, 0.15) is 28.5 Å². The largest absolute Gasteiger partial charge is 0.355 e. The average molecular weight is 406 g/mol. The van der Waals surface area contributed by atoms with Crippen LogP contribution in [0.2, 0.25) is 0 Å². The van der Waals surface area contributed by atoms with Crippen LogP contribution < -0.4 is 5.32 Å². The predicted octanol–water partition coefficient (Wildman–Crippen LogP) is 2.80. The van der Waals surface area contributed by atoms with Crippen molar-refractivity contribution in [1.82, 2.24) is 25.3 Å². The topological polar surface area (TPSA) is 74.5 Å². The lowest BCUT2D eigenvalue weighted by molar-refractivity contribution is 0.0941. The van der Waals surface area contributed by atoms with E-state index in [1.165, 1.54) is 5.56 Å². The van der Waals surface area contributed by atoms with Crippen LogP contribution in [-0.2, 0) is 13.1 Å². The zero-order valence-corrected chi connectivity index (χ0v) is 17.3. The molecule has 30 heavy (non-hydrogen) atoms. The lowest BCUT2D eigenvalue weighted by Crippen LogP contribution is -2.45. The number of nitrogens with one attached hydrogen (secondary N) is 1. The number of benzene rings is 1. The molecule has 7 heteroatoms. The quantitative estimate of drug-likeness (QED) is 0.652. The molecule has 0 aliphatic carbocycles. The van der Waals surface area contributed by atoms with Gasteiger partial charge in [0, 0.05) is 63.3 Å². The van der Waals surface area contributed by atoms with Crippen LogP contribution in [0.25, 0.3) is 11.3 Å². The molecule has 1 saturated heterocycles. The SMILES string of the molecule is CCN1CCN(Cc2ccccc2CNC(=O)c2cc(-c3ccncc3)on2)CC1. The Balaban J connectivity index is 1.36. The second-order valence-corrected chi connectivity index (χ2v) is 7.47. The third kappa shape index (κ3) is 4.93. The molecule has 156 valence electrons. The van der Waals surface area contributed by atoms with Crippen LogP contribution in [0.5, 0.6) is 0 Å². The highest BCUT2D eigenvalue weighted by molar-refractivity contribution is 5.93. The molecule has 3 heterocycles. The van der Waals surface area contributed by atoms with Gasteiger partial charge in [0.05, 0.1) is 0 Å². The highest BCUT2D eigenvalue weighted by Gasteiger charge is 2.17. The average Bonchev–Trinajstić information content (AvgIpc) is 3.30. The fourth-order valence-electron chi connectivity index (χ4n) is 3.69. The Labute approximate surface area is 176 Å². The fraction of sp³-hybridized carbons (Fsp3) is 0.348. The van der Waals surface area contributed by atoms with Crippen LogP contribution in [0.4, 0.5) is 0 Å². The second kappa shape index (κ2) is 9.65. The minimum absolute atomic E-state index is 0.245. The minimum Gasteiger partial charge on any atom is -0.355 e. The van der Waals surface area contributed by atoms with Crippen LogP contribution in [-0.4, -0.2) is 58.6 Å². The zero-order chi connectivity index (χ0) is 20.8. The van der Waals surface area contributed by atoms with Gasteiger partial charge >= 0.3 is 0 Å². The van der Waals surface area contributed by atoms with Gasteiger partial charge in [-0.3, -0.25) is 14.7 Å². The molecule has 1 aromatic carbocycles. The number of aromatic nitrogens is 2. The van der Waals surface area contributed by atoms with E-state index in [1.54, 1.807) is 18.5 Å². The van der Waals surface area contributed by atoms with Crippen LogP contribution in [0, 0.1) is 0 Å². The summed E-state index contributed by atoms with van der Waals surface area (Å²) < 4.78 is 5.32. The standard InChI is InChI=1S/C23H27N5O2/c1-2-27-11-13-28(14-12-27)17-20-6-4-3-5-19(20)16-25-23(29)21-15-22(30-26-21)18-7-9-24-10-8-18/h3-10,15H,2,11-14,16-17H2,1H3,(H,25,29). The lowest BCUT2D eigenvalue weighted by atomic mass is 10.1. The minimum atomic E-state index is -0.245. The van der Waals surface area contributed by atoms with Crippen molar-refractivity contribution < 1.29 is 9.32 Å². The summed E-state index contributed by atoms with van der Waals surface area (Å²) in [4.78, 5) is 21.5. The van der Waals surface area contributed by atoms with Crippen molar-refractivity contribution >= 4 is 5.91 Å². The van der Waals surface area contributed by atoms with Gasteiger partial charge in [-0.15, -0.1) is 0 Å². The van der Waals surface area contributed by atoms with Crippen molar-refractivity contribution in [2.75, 3.05) is 32.7 Å². The molecule has 0 bridgehead atoms. The summed E-state index contributed by atoms with van der Waals surface area (Å²) in [6.45, 7) is 9.06. The molecular formula is C23H27N5O2. The molecule has 0 unspecified atom stereocenters. The van der Waals surface area contributed by atoms with Crippen molar-refractivity contribution in [3.63, 3.8) is 0 Å². The summed E-state index contributed by atoms with van der Waals surface area (Å²) in [6.07, 6.45) is 3.35. The van der Waals surface area contributed by atoms with Gasteiger partial charge in [0.25, 0.3) is 5.91 Å². The predicted molar refractivity (Wildman–Crippen MR) is 115 cm³/mol. The van der Waals surface area contributed by atoms with Gasteiger partial charge < -0.3 is 14.7 Å². The van der Waals surface area contributed by atoms with E-state index in [0.29, 0.717) is 12.3 Å². The number of pyridine rings is 1. The first-order chi connectivity index (χ1) is 14.7. The second-order valence-electron chi connectivity index (χ2n) is 7.47. The summed E-state index contributed by atoms with van der Waals surface area (Å²) >= 11 is 0. The third-order valence-corrected chi connectivity index (χ3v) is 5.57. The van der Waals surface area contributed by atoms with E-state index in [1.807, 2.05) is 18.2 Å². The normalized spacial score (nSPS) is 15.2. The number of amides is 1. The first-order valence-corrected chi connectivity index (χ1v) is 10.4. The Morgan fingerprint density at radius 3 is 2.47 bits per heavy atom. The molecule has 1 fully saturated rings. The molecule has 2 aromatic heterocycles. The summed E-state index contributed by atoms with van der Waals surface area (Å²) in [5.41, 5.74) is 3.49. The highest BCUT2D eigenvalue weighted by Crippen LogP contribution is 2.19. The van der Waals surface area contributed by atoms with Gasteiger partial charge in [0.2, 0.25) is 0 Å². The van der Waals surface area contributed by atoms with Gasteiger partial charge in [-0.05, 0) is 29.8 Å². The number of hydrogen-bond acceptors (Lipinski definition) is 6. The summed E-state index contributed by atoms with van der Waals surface area (Å²) in [5.74, 6) is 0.305. The number of rotatable bonds is 7. The number of carbonyl (C=O) groups is 1. The number of piperazine rings is 1. The Bertz CT molecular complexity index is 964. The van der Waals surface area contributed by atoms with Crippen LogP contribution in [0.15, 0.2) is 59.4 Å². The number of hydrogen-bond donors (Lipinski definition) is 1. The van der Waals surface area contributed by atoms with E-state index in [-0.39, 0.29) is 11.6 Å². The van der Waals surface area contributed by atoms with Gasteiger partial charge in [-0.2, -0.15) is 0 Å². The van der Waals surface area contributed by atoms with Crippen molar-refractivity contribution in [1.29, 1.82) is 0 Å². The lowest BCUT2D eigenvalue weighted by Gasteiger charge is -2.34. The smallest absolute Gasteiger partial charge is 0.273 e. The van der Waals surface area contributed by atoms with Crippen molar-refractivity contribution in [3.05, 3.63) is 71.7 Å². The maximum atomic E-state index is 12.6. The maximum Gasteiger partial charge on any atom is 0.273 e. The monoisotopic (exact) mass is 405 g/mol.